The van der Waals surface area contributed by atoms with Crippen LogP contribution in [0.5, 0.6) is 5.75 Å². The fourth-order valence-corrected chi connectivity index (χ4v) is 13.3. The van der Waals surface area contributed by atoms with Gasteiger partial charge in [-0.05, 0) is 93.8 Å². The third-order valence-corrected chi connectivity index (χ3v) is 19.0. The number of nitrogens with one attached hydrogen (secondary N) is 1. The zero-order valence-electron chi connectivity index (χ0n) is 53.7. The summed E-state index contributed by atoms with van der Waals surface area (Å²) in [6.45, 7) is 11.0. The van der Waals surface area contributed by atoms with E-state index in [9.17, 15) is 56.1 Å². The van der Waals surface area contributed by atoms with E-state index >= 15 is 4.79 Å². The summed E-state index contributed by atoms with van der Waals surface area (Å²) in [5, 5.41) is 4.70. The van der Waals surface area contributed by atoms with Crippen molar-refractivity contribution in [2.24, 2.45) is 29.4 Å². The Morgan fingerprint density at radius 2 is 1.48 bits per heavy atom. The molecule has 7 amide bonds. The molecule has 2 fully saturated rings. The number of nitrogens with two attached hydrogens (primary N) is 1. The maximum atomic E-state index is 15.1. The SMILES string of the molecule is CC[C@H](C)C(CC(=O)[C@H]1CCCCN1C)C(=O)N(C)[C@H](C[C@@H](OC(C)=O)c1nc(C(=O)N(C)[C@@H](Cc2ccc(OS(=O)(=O)O)cc2)C(=O)C[C@H](CCCCN)C(=O)N[C@@H](Cc2ccccc2)C(=O)N2CCN(C(=O)CCCN3C(=O)C=CC3=O)CC2)cs1)C(C)C. The number of likely N-dealkylation sites (N-methyl/N-ethyl adjacent to an activating group) is 2. The number of nitrogens with zero attached hydrogens (tertiary/aromatic N) is 7. The largest absolute Gasteiger partial charge is 0.455 e. The predicted molar refractivity (Wildman–Crippen MR) is 340 cm³/mol. The summed E-state index contributed by atoms with van der Waals surface area (Å²) >= 11 is 1.05. The molecule has 8 atom stereocenters. The van der Waals surface area contributed by atoms with Crippen LogP contribution in [0.1, 0.15) is 144 Å². The highest BCUT2D eigenvalue weighted by Gasteiger charge is 2.40. The molecule has 0 spiro atoms. The molecule has 4 heterocycles. The van der Waals surface area contributed by atoms with E-state index < -0.39 is 94.2 Å². The first-order chi connectivity index (χ1) is 43.2. The van der Waals surface area contributed by atoms with E-state index in [0.29, 0.717) is 31.4 Å². The Morgan fingerprint density at radius 1 is 0.835 bits per heavy atom. The number of esters is 1. The second-order valence-corrected chi connectivity index (χ2v) is 26.4. The molecule has 91 heavy (non-hydrogen) atoms. The molecule has 6 rings (SSSR count). The highest BCUT2D eigenvalue weighted by atomic mass is 32.3. The molecule has 26 heteroatoms. The fraction of sp³-hybridized carbons (Fsp3) is 0.585. The summed E-state index contributed by atoms with van der Waals surface area (Å²) in [5.74, 6) is -6.23. The smallest absolute Gasteiger partial charge is 0.446 e. The molecule has 1 aromatic heterocycles. The summed E-state index contributed by atoms with van der Waals surface area (Å²) < 4.78 is 43.0. The molecule has 2 saturated heterocycles. The van der Waals surface area contributed by atoms with Crippen molar-refractivity contribution in [3.8, 4) is 5.75 Å². The molecule has 24 nitrogen and oxygen atoms in total. The van der Waals surface area contributed by atoms with E-state index in [2.05, 4.69) is 14.4 Å². The van der Waals surface area contributed by atoms with Gasteiger partial charge in [0.15, 0.2) is 17.7 Å². The molecule has 2 aromatic carbocycles. The third-order valence-electron chi connectivity index (χ3n) is 17.7. The number of imide groups is 1. The van der Waals surface area contributed by atoms with E-state index in [1.54, 1.807) is 33.9 Å². The van der Waals surface area contributed by atoms with Gasteiger partial charge in [-0.1, -0.05) is 89.4 Å². The third kappa shape index (κ3) is 21.1. The first-order valence-corrected chi connectivity index (χ1v) is 33.8. The highest BCUT2D eigenvalue weighted by Crippen LogP contribution is 2.34. The molecule has 3 aromatic rings. The summed E-state index contributed by atoms with van der Waals surface area (Å²) in [7, 11) is 0.164. The van der Waals surface area contributed by atoms with Gasteiger partial charge in [0.1, 0.15) is 22.5 Å². The number of likely N-dealkylation sites (tertiary alicyclic amines) is 1. The van der Waals surface area contributed by atoms with Crippen LogP contribution in [0, 0.1) is 23.7 Å². The number of Topliss-reactive ketones (excluding diaryl/α,β-unsaturated/α-hetero) is 2. The monoisotopic (exact) mass is 1300 g/mol. The molecule has 0 bridgehead atoms. The van der Waals surface area contributed by atoms with Crippen LogP contribution in [0.15, 0.2) is 72.1 Å². The summed E-state index contributed by atoms with van der Waals surface area (Å²) in [6.07, 6.45) is 5.88. The summed E-state index contributed by atoms with van der Waals surface area (Å²) in [4.78, 5) is 152. The number of piperidine rings is 1. The van der Waals surface area contributed by atoms with Crippen molar-refractivity contribution < 1.29 is 69.8 Å². The second kappa shape index (κ2) is 34.4. The average Bonchev–Trinajstić information content (AvgIpc) is 1.95. The van der Waals surface area contributed by atoms with Gasteiger partial charge in [-0.3, -0.25) is 62.3 Å². The average molecular weight is 1300 g/mol. The Morgan fingerprint density at radius 3 is 2.09 bits per heavy atom. The van der Waals surface area contributed by atoms with Crippen LogP contribution in [0.4, 0.5) is 0 Å². The Kier molecular flexibility index (Phi) is 27.5. The van der Waals surface area contributed by atoms with Gasteiger partial charge >= 0.3 is 16.4 Å². The van der Waals surface area contributed by atoms with Crippen molar-refractivity contribution in [3.05, 3.63) is 94.0 Å². The number of hydrogen-bond acceptors (Lipinski definition) is 18. The van der Waals surface area contributed by atoms with Gasteiger partial charge in [-0.25, -0.2) is 4.98 Å². The zero-order chi connectivity index (χ0) is 66.7. The minimum Gasteiger partial charge on any atom is -0.455 e. The first kappa shape index (κ1) is 72.8. The first-order valence-electron chi connectivity index (χ1n) is 31.5. The molecule has 0 radical (unpaired) electrons. The number of unbranched alkanes of at least 4 members (excludes halogenated alkanes) is 1. The van der Waals surface area contributed by atoms with Gasteiger partial charge in [-0.15, -0.1) is 11.3 Å². The summed E-state index contributed by atoms with van der Waals surface area (Å²) in [6, 6.07) is 11.3. The lowest BCUT2D eigenvalue weighted by molar-refractivity contribution is -0.149. The number of ketones is 2. The normalized spacial score (nSPS) is 17.8. The van der Waals surface area contributed by atoms with Crippen molar-refractivity contribution in [1.82, 2.24) is 39.7 Å². The van der Waals surface area contributed by atoms with Crippen molar-refractivity contribution in [2.75, 3.05) is 67.0 Å². The minimum absolute atomic E-state index is 0.0385. The number of hydrogen-bond donors (Lipinski definition) is 3. The Labute approximate surface area is 538 Å². The lowest BCUT2D eigenvalue weighted by Crippen LogP contribution is -2.57. The van der Waals surface area contributed by atoms with Crippen LogP contribution in [-0.2, 0) is 71.1 Å². The Bertz CT molecular complexity index is 3150. The molecule has 1 unspecified atom stereocenters. The minimum atomic E-state index is -4.89. The van der Waals surface area contributed by atoms with Crippen molar-refractivity contribution in [2.45, 2.75) is 155 Å². The van der Waals surface area contributed by atoms with Crippen molar-refractivity contribution in [3.63, 3.8) is 0 Å². The number of carbonyl (C=O) groups excluding carboxylic acids is 10. The predicted octanol–water partition coefficient (Wildman–Crippen LogP) is 5.40. The number of carbonyl (C=O) groups is 10. The molecule has 3 aliphatic heterocycles. The lowest BCUT2D eigenvalue weighted by Gasteiger charge is -2.37. The Balaban J connectivity index is 1.23. The molecule has 498 valence electrons. The van der Waals surface area contributed by atoms with Crippen molar-refractivity contribution in [1.29, 1.82) is 0 Å². The second-order valence-electron chi connectivity index (χ2n) is 24.5. The van der Waals surface area contributed by atoms with E-state index in [0.717, 1.165) is 47.6 Å². The van der Waals surface area contributed by atoms with Crippen LogP contribution in [-0.4, -0.2) is 197 Å². The van der Waals surface area contributed by atoms with E-state index in [4.69, 9.17) is 15.5 Å². The van der Waals surface area contributed by atoms with E-state index in [-0.39, 0.29) is 130 Å². The van der Waals surface area contributed by atoms with Gasteiger partial charge in [0.2, 0.25) is 23.6 Å². The molecule has 4 N–H and O–H groups in total. The van der Waals surface area contributed by atoms with Crippen LogP contribution >= 0.6 is 11.3 Å². The van der Waals surface area contributed by atoms with Crippen LogP contribution in [0.25, 0.3) is 0 Å². The van der Waals surface area contributed by atoms with Crippen LogP contribution < -0.4 is 15.2 Å². The van der Waals surface area contributed by atoms with Crippen LogP contribution in [0.2, 0.25) is 0 Å². The maximum Gasteiger partial charge on any atom is 0.446 e. The molecule has 0 aliphatic carbocycles. The summed E-state index contributed by atoms with van der Waals surface area (Å²) in [5.41, 5.74) is 7.00. The number of amides is 7. The number of benzene rings is 2. The number of rotatable bonds is 34. The number of ether oxygens (including phenoxy) is 1. The van der Waals surface area contributed by atoms with E-state index in [1.165, 1.54) is 60.7 Å². The molecular formula is C65H91N9O15S2. The number of piperazine rings is 1. The maximum absolute atomic E-state index is 15.1. The topological polar surface area (TPSA) is 314 Å². The van der Waals surface area contributed by atoms with Gasteiger partial charge < -0.3 is 39.6 Å². The van der Waals surface area contributed by atoms with E-state index in [1.807, 2.05) is 52.9 Å². The van der Waals surface area contributed by atoms with Crippen molar-refractivity contribution >= 4 is 80.6 Å². The lowest BCUT2D eigenvalue weighted by atomic mass is 9.83. The highest BCUT2D eigenvalue weighted by molar-refractivity contribution is 7.81. The number of aromatic nitrogens is 1. The van der Waals surface area contributed by atoms with Gasteiger partial charge in [0, 0.05) is 121 Å². The van der Waals surface area contributed by atoms with Gasteiger partial charge in [0.25, 0.3) is 17.7 Å². The number of thiazole rings is 1. The quantitative estimate of drug-likeness (QED) is 0.0292. The van der Waals surface area contributed by atoms with Gasteiger partial charge in [-0.2, -0.15) is 8.42 Å². The standard InChI is InChI=1S/C65H91N9O15S2/c1-9-43(4)49(39-56(77)52-21-14-16-30-69(52)6)63(82)70(7)53(42(2)3)40-57(88-44(5)75)62-68-51(41-90-62)64(83)71(8)54(37-46-23-25-48(26-24-46)89-91(85,86)87)55(76)38-47(20-13-15-29-66)61(81)67-50(36-45-18-11-10-12-19-45)65(84)73-34-32-72(33-35-73)58(78)22-17-31-74-59(79)27-28-60(74)80/h10-12,18-19,23-28,41-43,47,49-50,52-54,57H,9,13-17,20-22,29-40,66H2,1-8H3,(H,67,81)(H,85,86,87)/t43-,47-,49?,50-,52+,53+,54-,57+/m0/s1. The fourth-order valence-electron chi connectivity index (χ4n) is 12.1. The molecule has 3 aliphatic rings. The zero-order valence-corrected chi connectivity index (χ0v) is 55.3. The van der Waals surface area contributed by atoms with Gasteiger partial charge in [0.05, 0.1) is 12.1 Å². The Hall–Kier alpha value is -7.26. The molecule has 0 saturated carbocycles. The van der Waals surface area contributed by atoms with Crippen LogP contribution in [0.3, 0.4) is 0 Å². The molecular weight excluding hydrogens is 1210 g/mol.